The van der Waals surface area contributed by atoms with E-state index < -0.39 is 5.60 Å². The summed E-state index contributed by atoms with van der Waals surface area (Å²) < 4.78 is 13.2. The Labute approximate surface area is 166 Å². The van der Waals surface area contributed by atoms with E-state index in [0.717, 1.165) is 5.56 Å². The molecule has 0 spiro atoms. The molecule has 0 bridgehead atoms. The van der Waals surface area contributed by atoms with Gasteiger partial charge in [0.1, 0.15) is 29.8 Å². The molecule has 3 rings (SSSR count). The molecule has 0 radical (unpaired) electrons. The zero-order valence-corrected chi connectivity index (χ0v) is 16.4. The van der Waals surface area contributed by atoms with Gasteiger partial charge in [0.15, 0.2) is 0 Å². The molecule has 0 N–H and O–H groups in total. The Morgan fingerprint density at radius 1 is 1.08 bits per heavy atom. The van der Waals surface area contributed by atoms with E-state index in [4.69, 9.17) is 44.3 Å². The lowest BCUT2D eigenvalue weighted by molar-refractivity contribution is -0.0156. The van der Waals surface area contributed by atoms with Crippen LogP contribution in [0.4, 0.5) is 0 Å². The van der Waals surface area contributed by atoms with Gasteiger partial charge in [-0.2, -0.15) is 5.10 Å². The van der Waals surface area contributed by atoms with Gasteiger partial charge in [-0.1, -0.05) is 34.8 Å². The second kappa shape index (κ2) is 7.84. The van der Waals surface area contributed by atoms with Crippen LogP contribution in [0.1, 0.15) is 12.5 Å². The Kier molecular flexibility index (Phi) is 5.73. The second-order valence-electron chi connectivity index (χ2n) is 5.85. The number of hydrogen-bond acceptors (Lipinski definition) is 4. The first kappa shape index (κ1) is 19.0. The van der Waals surface area contributed by atoms with Crippen molar-refractivity contribution in [3.8, 4) is 11.5 Å². The molecular weight excluding hydrogens is 397 g/mol. The van der Waals surface area contributed by atoms with Gasteiger partial charge < -0.3 is 9.47 Å². The molecule has 0 fully saturated rings. The molecule has 0 aliphatic rings. The number of methoxy groups -OCH3 is 1. The number of rotatable bonds is 6. The highest BCUT2D eigenvalue weighted by Crippen LogP contribution is 2.40. The fraction of sp³-hybridized carbons (Fsp3) is 0.222. The van der Waals surface area contributed by atoms with E-state index in [0.29, 0.717) is 33.1 Å². The van der Waals surface area contributed by atoms with Crippen LogP contribution in [0.2, 0.25) is 15.1 Å². The van der Waals surface area contributed by atoms with Gasteiger partial charge in [-0.25, -0.2) is 9.67 Å². The summed E-state index contributed by atoms with van der Waals surface area (Å²) in [6.07, 6.45) is 3.08. The van der Waals surface area contributed by atoms with Crippen LogP contribution >= 0.6 is 34.8 Å². The van der Waals surface area contributed by atoms with Gasteiger partial charge >= 0.3 is 0 Å². The number of hydrogen-bond donors (Lipinski definition) is 0. The van der Waals surface area contributed by atoms with Crippen LogP contribution < -0.4 is 4.74 Å². The van der Waals surface area contributed by atoms with E-state index >= 15 is 0 Å². The molecule has 0 saturated heterocycles. The lowest BCUT2D eigenvalue weighted by atomic mass is 9.95. The van der Waals surface area contributed by atoms with Crippen molar-refractivity contribution in [2.75, 3.05) is 7.11 Å². The van der Waals surface area contributed by atoms with Crippen molar-refractivity contribution >= 4 is 34.8 Å². The molecule has 0 aliphatic carbocycles. The normalized spacial score (nSPS) is 13.4. The fourth-order valence-electron chi connectivity index (χ4n) is 2.52. The number of halogens is 3. The van der Waals surface area contributed by atoms with E-state index in [1.807, 2.05) is 6.92 Å². The number of nitrogens with zero attached hydrogens (tertiary/aromatic N) is 3. The minimum atomic E-state index is -0.743. The van der Waals surface area contributed by atoms with Crippen LogP contribution in [-0.4, -0.2) is 21.9 Å². The Bertz CT molecular complexity index is 885. The number of ether oxygens (including phenoxy) is 2. The van der Waals surface area contributed by atoms with E-state index in [1.165, 1.54) is 6.33 Å². The molecule has 1 unspecified atom stereocenters. The van der Waals surface area contributed by atoms with E-state index in [9.17, 15) is 0 Å². The maximum absolute atomic E-state index is 6.51. The molecule has 136 valence electrons. The Morgan fingerprint density at radius 3 is 2.42 bits per heavy atom. The van der Waals surface area contributed by atoms with Crippen LogP contribution in [0.25, 0.3) is 0 Å². The van der Waals surface area contributed by atoms with Crippen LogP contribution in [-0.2, 0) is 16.9 Å². The van der Waals surface area contributed by atoms with Gasteiger partial charge in [0, 0.05) is 23.8 Å². The molecule has 0 saturated carbocycles. The monoisotopic (exact) mass is 411 g/mol. The minimum Gasteiger partial charge on any atom is -0.456 e. The topological polar surface area (TPSA) is 49.2 Å². The van der Waals surface area contributed by atoms with Gasteiger partial charge in [0.25, 0.3) is 0 Å². The standard InChI is InChI=1S/C18H16Cl3N3O2/c1-18(25-2,9-24-11-22-10-23-24)14-7-16(21)17(8-15(14)20)26-13-5-3-12(19)4-6-13/h3-8,10-11H,9H2,1-2H3. The first-order valence-electron chi connectivity index (χ1n) is 7.72. The van der Waals surface area contributed by atoms with Crippen molar-refractivity contribution in [3.05, 3.63) is 69.7 Å². The second-order valence-corrected chi connectivity index (χ2v) is 7.10. The SMILES string of the molecule is COC(C)(Cn1cncn1)c1cc(Cl)c(Oc2ccc(Cl)cc2)cc1Cl. The zero-order chi connectivity index (χ0) is 18.7. The van der Waals surface area contributed by atoms with Crippen LogP contribution in [0.15, 0.2) is 49.1 Å². The molecule has 0 amide bonds. The fourth-order valence-corrected chi connectivity index (χ4v) is 3.21. The smallest absolute Gasteiger partial charge is 0.147 e. The molecule has 2 aromatic carbocycles. The van der Waals surface area contributed by atoms with Crippen molar-refractivity contribution in [2.45, 2.75) is 19.1 Å². The molecule has 0 aliphatic heterocycles. The molecule has 1 heterocycles. The Hall–Kier alpha value is -1.79. The van der Waals surface area contributed by atoms with Gasteiger partial charge in [0.05, 0.1) is 16.6 Å². The van der Waals surface area contributed by atoms with E-state index in [-0.39, 0.29) is 0 Å². The zero-order valence-electron chi connectivity index (χ0n) is 14.1. The van der Waals surface area contributed by atoms with Crippen molar-refractivity contribution < 1.29 is 9.47 Å². The lowest BCUT2D eigenvalue weighted by Crippen LogP contribution is -2.31. The summed E-state index contributed by atoms with van der Waals surface area (Å²) in [5.41, 5.74) is -0.0154. The maximum atomic E-state index is 6.51. The summed E-state index contributed by atoms with van der Waals surface area (Å²) in [7, 11) is 1.61. The molecule has 8 heteroatoms. The number of benzene rings is 2. The highest BCUT2D eigenvalue weighted by atomic mass is 35.5. The third kappa shape index (κ3) is 4.13. The highest BCUT2D eigenvalue weighted by Gasteiger charge is 2.31. The Morgan fingerprint density at radius 2 is 1.81 bits per heavy atom. The molecular formula is C18H16Cl3N3O2. The molecule has 3 aromatic rings. The Balaban J connectivity index is 1.91. The predicted octanol–water partition coefficient (Wildman–Crippen LogP) is 5.59. The largest absolute Gasteiger partial charge is 0.456 e. The van der Waals surface area contributed by atoms with Crippen molar-refractivity contribution in [2.24, 2.45) is 0 Å². The molecule has 1 atom stereocenters. The summed E-state index contributed by atoms with van der Waals surface area (Å²) in [5, 5.41) is 5.64. The molecule has 26 heavy (non-hydrogen) atoms. The average molecular weight is 413 g/mol. The van der Waals surface area contributed by atoms with Crippen molar-refractivity contribution in [1.29, 1.82) is 0 Å². The summed E-state index contributed by atoms with van der Waals surface area (Å²) in [5.74, 6) is 1.05. The maximum Gasteiger partial charge on any atom is 0.147 e. The first-order valence-corrected chi connectivity index (χ1v) is 8.85. The van der Waals surface area contributed by atoms with Gasteiger partial charge in [0.2, 0.25) is 0 Å². The third-order valence-corrected chi connectivity index (χ3v) is 4.87. The van der Waals surface area contributed by atoms with Crippen LogP contribution in [0.3, 0.4) is 0 Å². The number of aromatic nitrogens is 3. The minimum absolute atomic E-state index is 0.418. The van der Waals surface area contributed by atoms with Crippen LogP contribution in [0, 0.1) is 0 Å². The summed E-state index contributed by atoms with van der Waals surface area (Å²) in [6.45, 7) is 2.34. The van der Waals surface area contributed by atoms with Gasteiger partial charge in [-0.05, 0) is 37.3 Å². The highest BCUT2D eigenvalue weighted by molar-refractivity contribution is 6.35. The summed E-state index contributed by atoms with van der Waals surface area (Å²) in [4.78, 5) is 3.95. The predicted molar refractivity (Wildman–Crippen MR) is 102 cm³/mol. The lowest BCUT2D eigenvalue weighted by Gasteiger charge is -2.29. The van der Waals surface area contributed by atoms with Gasteiger partial charge in [-0.15, -0.1) is 0 Å². The van der Waals surface area contributed by atoms with E-state index in [1.54, 1.807) is 54.5 Å². The summed E-state index contributed by atoms with van der Waals surface area (Å²) >= 11 is 18.8. The molecule has 5 nitrogen and oxygen atoms in total. The van der Waals surface area contributed by atoms with Crippen molar-refractivity contribution in [1.82, 2.24) is 14.8 Å². The van der Waals surface area contributed by atoms with Crippen LogP contribution in [0.5, 0.6) is 11.5 Å². The summed E-state index contributed by atoms with van der Waals surface area (Å²) in [6, 6.07) is 10.4. The molecule has 1 aromatic heterocycles. The van der Waals surface area contributed by atoms with Gasteiger partial charge in [-0.3, -0.25) is 0 Å². The average Bonchev–Trinajstić information content (AvgIpc) is 3.12. The third-order valence-electron chi connectivity index (χ3n) is 4.01. The first-order chi connectivity index (χ1) is 12.4. The van der Waals surface area contributed by atoms with E-state index in [2.05, 4.69) is 10.1 Å². The quantitative estimate of drug-likeness (QED) is 0.529. The van der Waals surface area contributed by atoms with Crippen molar-refractivity contribution in [3.63, 3.8) is 0 Å².